The van der Waals surface area contributed by atoms with E-state index in [1.165, 1.54) is 0 Å². The van der Waals surface area contributed by atoms with Crippen LogP contribution in [0.1, 0.15) is 0 Å². The Hall–Kier alpha value is 2.08. The molecule has 0 bridgehead atoms. The van der Waals surface area contributed by atoms with Crippen LogP contribution in [0.5, 0.6) is 0 Å². The number of phosphoric acid groups is 1. The molecule has 0 aliphatic carbocycles. The van der Waals surface area contributed by atoms with Crippen LogP contribution in [0.15, 0.2) is 0 Å². The Balaban J connectivity index is -0.00000000381. The van der Waals surface area contributed by atoms with Crippen molar-refractivity contribution in [3.8, 4) is 0 Å². The number of rotatable bonds is 0. The molecule has 0 fully saturated rings. The summed E-state index contributed by atoms with van der Waals surface area (Å²) in [6.45, 7) is 0. The Morgan fingerprint density at radius 3 is 0.833 bits per heavy atom. The van der Waals surface area contributed by atoms with Gasteiger partial charge in [0, 0.05) is 21.7 Å². The molecule has 68 valence electrons. The quantitative estimate of drug-likeness (QED) is 0.316. The first-order valence-corrected chi connectivity index (χ1v) is 2.19. The fraction of sp³-hybridized carbons (Fsp3) is 0. The molecule has 12 heteroatoms. The van der Waals surface area contributed by atoms with Crippen LogP contribution in [0.25, 0.3) is 0 Å². The predicted octanol–water partition coefficient (Wildman–Crippen LogP) is -3.92. The van der Waals surface area contributed by atoms with Gasteiger partial charge in [-0.3, -0.25) is 0 Å². The minimum Gasteiger partial charge on any atom is -0.870 e. The first-order chi connectivity index (χ1) is 2.00. The molecule has 0 heterocycles. The Morgan fingerprint density at radius 1 is 0.833 bits per heavy atom. The van der Waals surface area contributed by atoms with E-state index in [1.807, 2.05) is 0 Å². The maximum Gasteiger partial charge on any atom is 4.00 e. The first-order valence-electron chi connectivity index (χ1n) is 0.730. The molecule has 0 atom stereocenters. The molecule has 0 aromatic rings. The van der Waals surface area contributed by atoms with Crippen LogP contribution in [0.2, 0.25) is 0 Å². The second-order valence-electron chi connectivity index (χ2n) is 0.447. The third kappa shape index (κ3) is 343. The summed E-state index contributed by atoms with van der Waals surface area (Å²) in [5.74, 6) is 0. The van der Waals surface area contributed by atoms with Crippen molar-refractivity contribution in [2.45, 2.75) is 0 Å². The van der Waals surface area contributed by atoms with Crippen molar-refractivity contribution in [2.75, 3.05) is 0 Å². The van der Waals surface area contributed by atoms with E-state index < -0.39 is 7.82 Å². The largest absolute Gasteiger partial charge is 4.00 e. The van der Waals surface area contributed by atoms with E-state index in [-0.39, 0.29) is 87.2 Å². The summed E-state index contributed by atoms with van der Waals surface area (Å²) in [5.41, 5.74) is 0. The monoisotopic (exact) mass is 328 g/mol. The summed E-state index contributed by atoms with van der Waals surface area (Å²) in [4.78, 5) is 25.6. The normalized spacial score (nSPS) is 4.92. The molecule has 0 saturated carbocycles. The van der Waals surface area contributed by atoms with E-state index in [0.717, 1.165) is 0 Å². The van der Waals surface area contributed by atoms with E-state index in [9.17, 15) is 0 Å². The van der Waals surface area contributed by atoms with Gasteiger partial charge in [0.1, 0.15) is 0 Å². The van der Waals surface area contributed by atoms with Crippen LogP contribution in [0, 0.1) is 0 Å². The summed E-state index contributed by atoms with van der Waals surface area (Å²) in [5, 5.41) is 0. The van der Waals surface area contributed by atoms with Crippen LogP contribution in [0.3, 0.4) is 0 Å². The van der Waals surface area contributed by atoms with Gasteiger partial charge in [0.15, 0.2) is 0 Å². The Bertz CT molecular complexity index is 65.2. The van der Waals surface area contributed by atoms with Crippen molar-refractivity contribution in [2.24, 2.45) is 0 Å². The zero-order valence-corrected chi connectivity index (χ0v) is 11.5. The zero-order chi connectivity index (χ0) is 4.50. The van der Waals surface area contributed by atoms with E-state index in [2.05, 4.69) is 0 Å². The fourth-order valence-electron chi connectivity index (χ4n) is 0. The molecule has 0 spiro atoms. The Labute approximate surface area is 113 Å². The molecule has 0 radical (unpaired) electrons. The van der Waals surface area contributed by atoms with Gasteiger partial charge < -0.3 is 41.2 Å². The van der Waals surface area contributed by atoms with Crippen LogP contribution < -0.4 is 14.7 Å². The minimum absolute atomic E-state index is 0. The van der Waals surface area contributed by atoms with E-state index in [1.54, 1.807) is 0 Å². The van der Waals surface area contributed by atoms with Gasteiger partial charge in [-0.2, -0.15) is 7.82 Å². The summed E-state index contributed by atoms with van der Waals surface area (Å²) in [7, 11) is -5.39. The van der Waals surface area contributed by atoms with Gasteiger partial charge in [0.25, 0.3) is 0 Å². The molecular weight excluding hydrogens is 325 g/mol. The third-order valence-corrected chi connectivity index (χ3v) is 0. The standard InChI is InChI=1S/Al.H3O4P.4H2O.Ti.Zr/c;1-5(2,3)4;;;;;;/h;(H3,1,2,3,4);4*1H2;;/q+3;;;;;;;+4/p-7. The molecule has 0 unspecified atom stereocenters. The van der Waals surface area contributed by atoms with Crippen LogP contribution >= 0.6 is 7.82 Å². The molecule has 0 amide bonds. The van der Waals surface area contributed by atoms with E-state index in [0.29, 0.717) is 0 Å². The van der Waals surface area contributed by atoms with Gasteiger partial charge in [0.05, 0.1) is 0 Å². The summed E-state index contributed by atoms with van der Waals surface area (Å²) in [6, 6.07) is 0. The maximum absolute atomic E-state index is 8.55. The number of hydrogen-bond donors (Lipinski definition) is 0. The van der Waals surface area contributed by atoms with Crippen LogP contribution in [-0.2, 0) is 52.5 Å². The molecule has 0 aliphatic rings. The smallest absolute Gasteiger partial charge is 0.870 e. The van der Waals surface area contributed by atoms with Crippen molar-refractivity contribution < 1.29 is 89.1 Å². The van der Waals surface area contributed by atoms with Crippen molar-refractivity contribution in [1.29, 1.82) is 0 Å². The average molecular weight is 329 g/mol. The van der Waals surface area contributed by atoms with Crippen molar-refractivity contribution in [3.05, 3.63) is 0 Å². The molecule has 0 aromatic carbocycles. The molecule has 0 saturated heterocycles. The average Bonchev–Trinajstić information content (AvgIpc) is 0.722. The van der Waals surface area contributed by atoms with Crippen LogP contribution in [0.4, 0.5) is 0 Å². The Morgan fingerprint density at radius 2 is 0.833 bits per heavy atom. The van der Waals surface area contributed by atoms with Gasteiger partial charge in [-0.1, -0.05) is 0 Å². The molecular formula is H4AlO8PTiZr. The van der Waals surface area contributed by atoms with E-state index >= 15 is 0 Å². The molecule has 0 aromatic heterocycles. The Kier molecular flexibility index (Phi) is 159. The second kappa shape index (κ2) is 29.2. The van der Waals surface area contributed by atoms with Gasteiger partial charge in [-0.05, 0) is 0 Å². The third-order valence-electron chi connectivity index (χ3n) is 0. The van der Waals surface area contributed by atoms with Gasteiger partial charge in [-0.25, -0.2) is 0 Å². The topological polar surface area (TPSA) is 206 Å². The molecule has 8 nitrogen and oxygen atoms in total. The van der Waals surface area contributed by atoms with Gasteiger partial charge >= 0.3 is 43.6 Å². The van der Waals surface area contributed by atoms with Crippen molar-refractivity contribution >= 4 is 25.2 Å². The SMILES string of the molecule is O=P([O-])([O-])[O-].[Al+3].[OH-].[OH-].[OH-].[OH-].[Ti].[Zr+4]. The minimum atomic E-state index is -5.39. The first kappa shape index (κ1) is 65.2. The summed E-state index contributed by atoms with van der Waals surface area (Å²) < 4.78 is 8.55. The van der Waals surface area contributed by atoms with Crippen molar-refractivity contribution in [1.82, 2.24) is 0 Å². The van der Waals surface area contributed by atoms with Crippen molar-refractivity contribution in [3.63, 3.8) is 0 Å². The number of hydrogen-bond acceptors (Lipinski definition) is 8. The molecule has 4 N–H and O–H groups in total. The molecule has 0 aliphatic heterocycles. The van der Waals surface area contributed by atoms with Crippen LogP contribution in [-0.4, -0.2) is 39.3 Å². The predicted molar refractivity (Wildman–Crippen MR) is 21.1 cm³/mol. The summed E-state index contributed by atoms with van der Waals surface area (Å²) in [6.07, 6.45) is 0. The molecule has 12 heavy (non-hydrogen) atoms. The van der Waals surface area contributed by atoms with Gasteiger partial charge in [0.2, 0.25) is 0 Å². The fourth-order valence-corrected chi connectivity index (χ4v) is 0. The zero-order valence-electron chi connectivity index (χ0n) is 5.45. The summed E-state index contributed by atoms with van der Waals surface area (Å²) >= 11 is 0. The van der Waals surface area contributed by atoms with E-state index in [4.69, 9.17) is 19.2 Å². The van der Waals surface area contributed by atoms with Gasteiger partial charge in [-0.15, -0.1) is 0 Å². The second-order valence-corrected chi connectivity index (χ2v) is 1.34. The molecule has 0 rings (SSSR count). The maximum atomic E-state index is 8.55.